The van der Waals surface area contributed by atoms with Crippen LogP contribution in [0.15, 0.2) is 36.4 Å². The van der Waals surface area contributed by atoms with Gasteiger partial charge in [0, 0.05) is 11.6 Å². The van der Waals surface area contributed by atoms with Gasteiger partial charge in [-0.2, -0.15) is 13.2 Å². The first-order valence-corrected chi connectivity index (χ1v) is 8.25. The molecule has 25 heavy (non-hydrogen) atoms. The molecule has 0 amide bonds. The second-order valence-corrected chi connectivity index (χ2v) is 6.29. The van der Waals surface area contributed by atoms with Crippen LogP contribution in [0.5, 0.6) is 17.2 Å². The Kier molecular flexibility index (Phi) is 4.89. The lowest BCUT2D eigenvalue weighted by Gasteiger charge is -2.24. The first kappa shape index (κ1) is 18.0. The van der Waals surface area contributed by atoms with E-state index in [4.69, 9.17) is 32.7 Å². The Bertz CT molecular complexity index is 832. The maximum atomic E-state index is 12.8. The number of hydrogen-bond acceptors (Lipinski definition) is 2. The minimum atomic E-state index is -4.49. The molecule has 1 unspecified atom stereocenters. The van der Waals surface area contributed by atoms with Crippen LogP contribution in [0, 0.1) is 0 Å². The Morgan fingerprint density at radius 3 is 2.44 bits per heavy atom. The van der Waals surface area contributed by atoms with Crippen molar-refractivity contribution in [3.05, 3.63) is 57.6 Å². The zero-order chi connectivity index (χ0) is 18.2. The summed E-state index contributed by atoms with van der Waals surface area (Å²) in [6, 6.07) is 8.14. The molecule has 0 spiro atoms. The van der Waals surface area contributed by atoms with Crippen molar-refractivity contribution < 1.29 is 22.6 Å². The van der Waals surface area contributed by atoms with E-state index in [1.54, 1.807) is 12.1 Å². The van der Waals surface area contributed by atoms with Crippen molar-refractivity contribution in [1.29, 1.82) is 0 Å². The number of alkyl halides is 3. The summed E-state index contributed by atoms with van der Waals surface area (Å²) < 4.78 is 49.2. The Labute approximate surface area is 152 Å². The highest BCUT2D eigenvalue weighted by Crippen LogP contribution is 2.41. The van der Waals surface area contributed by atoms with Crippen LogP contribution in [0.25, 0.3) is 6.08 Å². The maximum Gasteiger partial charge on any atom is 0.429 e. The SMILES string of the molecule is CCc1ccc(Oc2cc3c(cc2Cl)C=CC(C(F)(F)F)O3)c(Cl)c1. The molecule has 2 aromatic carbocycles. The van der Waals surface area contributed by atoms with Crippen molar-refractivity contribution in [2.24, 2.45) is 0 Å². The van der Waals surface area contributed by atoms with E-state index in [-0.39, 0.29) is 16.5 Å². The predicted molar refractivity (Wildman–Crippen MR) is 91.9 cm³/mol. The molecule has 0 aromatic heterocycles. The summed E-state index contributed by atoms with van der Waals surface area (Å²) in [6.07, 6.45) is -3.40. The highest BCUT2D eigenvalue weighted by atomic mass is 35.5. The van der Waals surface area contributed by atoms with Crippen molar-refractivity contribution >= 4 is 29.3 Å². The van der Waals surface area contributed by atoms with Crippen LogP contribution in [0.4, 0.5) is 13.2 Å². The lowest BCUT2D eigenvalue weighted by atomic mass is 10.1. The van der Waals surface area contributed by atoms with Gasteiger partial charge in [0.1, 0.15) is 17.2 Å². The molecule has 0 bridgehead atoms. The van der Waals surface area contributed by atoms with Crippen LogP contribution in [-0.2, 0) is 6.42 Å². The molecule has 1 atom stereocenters. The molecule has 1 aliphatic heterocycles. The van der Waals surface area contributed by atoms with Crippen LogP contribution >= 0.6 is 23.2 Å². The third-order valence-electron chi connectivity index (χ3n) is 3.72. The minimum Gasteiger partial charge on any atom is -0.476 e. The highest BCUT2D eigenvalue weighted by Gasteiger charge is 2.41. The summed E-state index contributed by atoms with van der Waals surface area (Å²) in [5.74, 6) is 0.577. The fourth-order valence-corrected chi connectivity index (χ4v) is 2.82. The molecule has 2 nitrogen and oxygen atoms in total. The van der Waals surface area contributed by atoms with Crippen LogP contribution in [-0.4, -0.2) is 12.3 Å². The normalized spacial score (nSPS) is 16.3. The van der Waals surface area contributed by atoms with E-state index < -0.39 is 12.3 Å². The Morgan fingerprint density at radius 1 is 1.08 bits per heavy atom. The summed E-state index contributed by atoms with van der Waals surface area (Å²) in [7, 11) is 0. The van der Waals surface area contributed by atoms with Crippen molar-refractivity contribution in [2.75, 3.05) is 0 Å². The van der Waals surface area contributed by atoms with E-state index in [9.17, 15) is 13.2 Å². The Balaban J connectivity index is 1.91. The highest BCUT2D eigenvalue weighted by molar-refractivity contribution is 6.33. The van der Waals surface area contributed by atoms with Crippen LogP contribution in [0.2, 0.25) is 10.0 Å². The molecular weight excluding hydrogens is 376 g/mol. The average molecular weight is 389 g/mol. The number of rotatable bonds is 3. The quantitative estimate of drug-likeness (QED) is 0.583. The molecule has 0 fully saturated rings. The fourth-order valence-electron chi connectivity index (χ4n) is 2.37. The van der Waals surface area contributed by atoms with Crippen LogP contribution in [0.1, 0.15) is 18.1 Å². The fraction of sp³-hybridized carbons (Fsp3) is 0.222. The van der Waals surface area contributed by atoms with Crippen molar-refractivity contribution in [1.82, 2.24) is 0 Å². The van der Waals surface area contributed by atoms with Gasteiger partial charge in [0.25, 0.3) is 0 Å². The third kappa shape index (κ3) is 3.88. The zero-order valence-electron chi connectivity index (χ0n) is 13.0. The van der Waals surface area contributed by atoms with Gasteiger partial charge in [-0.1, -0.05) is 42.3 Å². The van der Waals surface area contributed by atoms with Crippen LogP contribution in [0.3, 0.4) is 0 Å². The van der Waals surface area contributed by atoms with Gasteiger partial charge in [-0.05, 0) is 36.3 Å². The van der Waals surface area contributed by atoms with Gasteiger partial charge in [0.2, 0.25) is 6.10 Å². The Morgan fingerprint density at radius 2 is 1.80 bits per heavy atom. The Hall–Kier alpha value is -1.85. The maximum absolute atomic E-state index is 12.8. The second kappa shape index (κ2) is 6.81. The summed E-state index contributed by atoms with van der Waals surface area (Å²) in [6.45, 7) is 1.99. The topological polar surface area (TPSA) is 18.5 Å². The van der Waals surface area contributed by atoms with E-state index >= 15 is 0 Å². The summed E-state index contributed by atoms with van der Waals surface area (Å²) in [5, 5.41) is 0.634. The summed E-state index contributed by atoms with van der Waals surface area (Å²) in [5.41, 5.74) is 1.49. The van der Waals surface area contributed by atoms with Gasteiger partial charge in [-0.15, -0.1) is 0 Å². The van der Waals surface area contributed by atoms with E-state index in [1.165, 1.54) is 18.2 Å². The van der Waals surface area contributed by atoms with Crippen molar-refractivity contribution in [2.45, 2.75) is 25.6 Å². The molecule has 3 rings (SSSR count). The standard InChI is InChI=1S/C18H13Cl2F3O2/c1-2-10-3-5-14(12(19)7-10)24-16-9-15-11(8-13(16)20)4-6-17(25-15)18(21,22)23/h3-9,17H,2H2,1H3. The van der Waals surface area contributed by atoms with Gasteiger partial charge < -0.3 is 9.47 Å². The first-order valence-electron chi connectivity index (χ1n) is 7.49. The molecule has 0 N–H and O–H groups in total. The number of ether oxygens (including phenoxy) is 2. The van der Waals surface area contributed by atoms with Gasteiger partial charge in [-0.3, -0.25) is 0 Å². The zero-order valence-corrected chi connectivity index (χ0v) is 14.5. The van der Waals surface area contributed by atoms with E-state index in [0.29, 0.717) is 16.3 Å². The predicted octanol–water partition coefficient (Wildman–Crippen LogP) is 6.68. The van der Waals surface area contributed by atoms with E-state index in [2.05, 4.69) is 0 Å². The van der Waals surface area contributed by atoms with Crippen molar-refractivity contribution in [3.63, 3.8) is 0 Å². The van der Waals surface area contributed by atoms with Crippen LogP contribution < -0.4 is 9.47 Å². The second-order valence-electron chi connectivity index (χ2n) is 5.48. The van der Waals surface area contributed by atoms with E-state index in [1.807, 2.05) is 13.0 Å². The third-order valence-corrected chi connectivity index (χ3v) is 4.31. The molecule has 132 valence electrons. The monoisotopic (exact) mass is 388 g/mol. The molecule has 2 aromatic rings. The van der Waals surface area contributed by atoms with E-state index in [0.717, 1.165) is 18.1 Å². The largest absolute Gasteiger partial charge is 0.476 e. The molecule has 1 aliphatic rings. The molecule has 0 saturated heterocycles. The lowest BCUT2D eigenvalue weighted by molar-refractivity contribution is -0.180. The molecule has 7 heteroatoms. The number of benzene rings is 2. The molecule has 1 heterocycles. The van der Waals surface area contributed by atoms with Gasteiger partial charge >= 0.3 is 6.18 Å². The molecule has 0 radical (unpaired) electrons. The first-order chi connectivity index (χ1) is 11.8. The van der Waals surface area contributed by atoms with Gasteiger partial charge in [-0.25, -0.2) is 0 Å². The van der Waals surface area contributed by atoms with Gasteiger partial charge in [0.15, 0.2) is 0 Å². The van der Waals surface area contributed by atoms with Crippen molar-refractivity contribution in [3.8, 4) is 17.2 Å². The average Bonchev–Trinajstić information content (AvgIpc) is 2.55. The number of hydrogen-bond donors (Lipinski definition) is 0. The molecule has 0 aliphatic carbocycles. The summed E-state index contributed by atoms with van der Waals surface area (Å²) in [4.78, 5) is 0. The number of fused-ring (bicyclic) bond motifs is 1. The molecular formula is C18H13Cl2F3O2. The minimum absolute atomic E-state index is 0.0468. The lowest BCUT2D eigenvalue weighted by Crippen LogP contribution is -2.33. The smallest absolute Gasteiger partial charge is 0.429 e. The number of halogens is 5. The molecule has 0 saturated carbocycles. The summed E-state index contributed by atoms with van der Waals surface area (Å²) >= 11 is 12.3. The number of aryl methyl sites for hydroxylation is 1. The van der Waals surface area contributed by atoms with Gasteiger partial charge in [0.05, 0.1) is 10.0 Å².